The molecule has 2 heterocycles. The third-order valence-corrected chi connectivity index (χ3v) is 5.02. The molecule has 1 aromatic heterocycles. The van der Waals surface area contributed by atoms with Crippen molar-refractivity contribution in [3.05, 3.63) is 71.5 Å². The predicted octanol–water partition coefficient (Wildman–Crippen LogP) is 5.37. The molecule has 0 saturated carbocycles. The molecule has 0 spiro atoms. The first-order chi connectivity index (χ1) is 14.9. The van der Waals surface area contributed by atoms with Crippen molar-refractivity contribution in [2.45, 2.75) is 32.8 Å². The number of alkyl halides is 3. The van der Waals surface area contributed by atoms with Gasteiger partial charge < -0.3 is 24.1 Å². The number of benzene rings is 2. The molecule has 0 radical (unpaired) electrons. The van der Waals surface area contributed by atoms with Gasteiger partial charge in [0.25, 0.3) is 0 Å². The first-order valence-corrected chi connectivity index (χ1v) is 10.1. The summed E-state index contributed by atoms with van der Waals surface area (Å²) in [6.07, 6.45) is -2.75. The van der Waals surface area contributed by atoms with E-state index in [1.165, 1.54) is 12.1 Å². The molecule has 1 aliphatic heterocycles. The first-order valence-electron chi connectivity index (χ1n) is 10.1. The van der Waals surface area contributed by atoms with Crippen molar-refractivity contribution in [3.63, 3.8) is 0 Å². The van der Waals surface area contributed by atoms with Crippen molar-refractivity contribution in [3.8, 4) is 22.9 Å². The third-order valence-electron chi connectivity index (χ3n) is 5.02. The standard InChI is InChI=1S/C23H23F3N2O3/c1-3-29-20-12-16-14-27-22(15-7-9-17(10-8-15)31-23(24,25)26)18-6-5-11-28(18)19(16)13-21(20)30-4-2/h5-13,22,27H,3-4,14H2,1-2H3/t22-/m0/s1. The Labute approximate surface area is 178 Å². The monoisotopic (exact) mass is 432 g/mol. The highest BCUT2D eigenvalue weighted by atomic mass is 19.4. The minimum Gasteiger partial charge on any atom is -0.490 e. The minimum atomic E-state index is -4.71. The van der Waals surface area contributed by atoms with Crippen LogP contribution < -0.4 is 19.5 Å². The smallest absolute Gasteiger partial charge is 0.490 e. The fourth-order valence-electron chi connectivity index (χ4n) is 3.81. The summed E-state index contributed by atoms with van der Waals surface area (Å²) >= 11 is 0. The van der Waals surface area contributed by atoms with E-state index >= 15 is 0 Å². The normalized spacial score (nSPS) is 15.6. The van der Waals surface area contributed by atoms with Gasteiger partial charge in [-0.15, -0.1) is 13.2 Å². The Morgan fingerprint density at radius 2 is 1.68 bits per heavy atom. The zero-order valence-electron chi connectivity index (χ0n) is 17.2. The quantitative estimate of drug-likeness (QED) is 0.569. The average molecular weight is 432 g/mol. The maximum Gasteiger partial charge on any atom is 0.573 e. The van der Waals surface area contributed by atoms with Gasteiger partial charge in [-0.05, 0) is 55.3 Å². The molecule has 3 aromatic rings. The number of aromatic nitrogens is 1. The number of hydrogen-bond donors (Lipinski definition) is 1. The van der Waals surface area contributed by atoms with Gasteiger partial charge in [0.15, 0.2) is 11.5 Å². The second kappa shape index (κ2) is 8.55. The Morgan fingerprint density at radius 3 is 2.32 bits per heavy atom. The molecule has 0 aliphatic carbocycles. The van der Waals surface area contributed by atoms with Crippen LogP contribution in [-0.4, -0.2) is 24.1 Å². The zero-order chi connectivity index (χ0) is 22.0. The van der Waals surface area contributed by atoms with Gasteiger partial charge in [0, 0.05) is 24.5 Å². The predicted molar refractivity (Wildman–Crippen MR) is 110 cm³/mol. The van der Waals surface area contributed by atoms with Crippen LogP contribution in [0.2, 0.25) is 0 Å². The Bertz CT molecular complexity index is 1050. The summed E-state index contributed by atoms with van der Waals surface area (Å²) in [7, 11) is 0. The van der Waals surface area contributed by atoms with Crippen molar-refractivity contribution in [1.82, 2.24) is 9.88 Å². The fourth-order valence-corrected chi connectivity index (χ4v) is 3.81. The van der Waals surface area contributed by atoms with Crippen LogP contribution in [0.3, 0.4) is 0 Å². The largest absolute Gasteiger partial charge is 0.573 e. The summed E-state index contributed by atoms with van der Waals surface area (Å²) in [5.74, 6) is 1.12. The van der Waals surface area contributed by atoms with Crippen LogP contribution in [0.4, 0.5) is 13.2 Å². The molecular weight excluding hydrogens is 409 g/mol. The van der Waals surface area contributed by atoms with E-state index in [-0.39, 0.29) is 11.8 Å². The summed E-state index contributed by atoms with van der Waals surface area (Å²) in [6.45, 7) is 5.44. The average Bonchev–Trinajstić information content (AvgIpc) is 3.14. The van der Waals surface area contributed by atoms with Crippen LogP contribution in [0.5, 0.6) is 17.2 Å². The van der Waals surface area contributed by atoms with E-state index in [1.807, 2.05) is 44.3 Å². The molecule has 2 aromatic carbocycles. The van der Waals surface area contributed by atoms with Gasteiger partial charge in [-0.3, -0.25) is 0 Å². The van der Waals surface area contributed by atoms with Crippen molar-refractivity contribution in [2.75, 3.05) is 13.2 Å². The first kappa shape index (κ1) is 21.1. The van der Waals surface area contributed by atoms with Crippen LogP contribution in [0.25, 0.3) is 5.69 Å². The Kier molecular flexibility index (Phi) is 5.82. The Balaban J connectivity index is 1.70. The number of nitrogens with one attached hydrogen (secondary N) is 1. The number of nitrogens with zero attached hydrogens (tertiary/aromatic N) is 1. The van der Waals surface area contributed by atoms with E-state index in [4.69, 9.17) is 9.47 Å². The van der Waals surface area contributed by atoms with E-state index in [9.17, 15) is 13.2 Å². The number of ether oxygens (including phenoxy) is 3. The van der Waals surface area contributed by atoms with E-state index < -0.39 is 6.36 Å². The number of halogens is 3. The van der Waals surface area contributed by atoms with Crippen LogP contribution in [0.1, 0.15) is 36.7 Å². The lowest BCUT2D eigenvalue weighted by molar-refractivity contribution is -0.274. The third kappa shape index (κ3) is 4.49. The van der Waals surface area contributed by atoms with Gasteiger partial charge in [-0.25, -0.2) is 0 Å². The van der Waals surface area contributed by atoms with Gasteiger partial charge in [0.05, 0.1) is 24.9 Å². The highest BCUT2D eigenvalue weighted by Crippen LogP contribution is 2.37. The number of hydrogen-bond acceptors (Lipinski definition) is 4. The van der Waals surface area contributed by atoms with Crippen molar-refractivity contribution >= 4 is 0 Å². The SMILES string of the molecule is CCOc1cc2c(cc1OCC)-n1cccc1[C@H](c1ccc(OC(F)(F)F)cc1)NC2. The van der Waals surface area contributed by atoms with Crippen molar-refractivity contribution < 1.29 is 27.4 Å². The van der Waals surface area contributed by atoms with Gasteiger partial charge in [0.2, 0.25) is 0 Å². The lowest BCUT2D eigenvalue weighted by atomic mass is 10.0. The maximum absolute atomic E-state index is 12.5. The zero-order valence-corrected chi connectivity index (χ0v) is 17.2. The summed E-state index contributed by atoms with van der Waals surface area (Å²) in [4.78, 5) is 0. The molecule has 0 unspecified atom stereocenters. The molecule has 0 saturated heterocycles. The van der Waals surface area contributed by atoms with Crippen molar-refractivity contribution in [1.29, 1.82) is 0 Å². The molecule has 1 aliphatic rings. The van der Waals surface area contributed by atoms with Crippen LogP contribution in [0.15, 0.2) is 54.7 Å². The lowest BCUT2D eigenvalue weighted by Gasteiger charge is -2.19. The maximum atomic E-state index is 12.5. The molecule has 0 amide bonds. The molecule has 0 bridgehead atoms. The molecule has 4 rings (SSSR count). The van der Waals surface area contributed by atoms with Crippen LogP contribution in [-0.2, 0) is 6.54 Å². The molecule has 8 heteroatoms. The molecule has 1 atom stereocenters. The van der Waals surface area contributed by atoms with E-state index in [0.29, 0.717) is 31.3 Å². The van der Waals surface area contributed by atoms with E-state index in [1.54, 1.807) is 12.1 Å². The molecule has 1 N–H and O–H groups in total. The second-order valence-corrected chi connectivity index (χ2v) is 7.03. The van der Waals surface area contributed by atoms with Gasteiger partial charge in [0.1, 0.15) is 5.75 Å². The second-order valence-electron chi connectivity index (χ2n) is 7.03. The summed E-state index contributed by atoms with van der Waals surface area (Å²) in [6, 6.07) is 13.6. The number of fused-ring (bicyclic) bond motifs is 3. The lowest BCUT2D eigenvalue weighted by Crippen LogP contribution is -2.21. The molecular formula is C23H23F3N2O3. The summed E-state index contributed by atoms with van der Waals surface area (Å²) in [5, 5.41) is 3.50. The Morgan fingerprint density at radius 1 is 1.00 bits per heavy atom. The van der Waals surface area contributed by atoms with E-state index in [2.05, 4.69) is 14.6 Å². The van der Waals surface area contributed by atoms with Crippen LogP contribution in [0, 0.1) is 0 Å². The van der Waals surface area contributed by atoms with Crippen LogP contribution >= 0.6 is 0 Å². The molecule has 0 fully saturated rings. The van der Waals surface area contributed by atoms with E-state index in [0.717, 1.165) is 22.5 Å². The molecule has 31 heavy (non-hydrogen) atoms. The molecule has 5 nitrogen and oxygen atoms in total. The Hall–Kier alpha value is -3.13. The molecule has 164 valence electrons. The highest BCUT2D eigenvalue weighted by Gasteiger charge is 2.31. The summed E-state index contributed by atoms with van der Waals surface area (Å²) < 4.78 is 55.0. The van der Waals surface area contributed by atoms with Crippen molar-refractivity contribution in [2.24, 2.45) is 0 Å². The summed E-state index contributed by atoms with van der Waals surface area (Å²) in [5.41, 5.74) is 3.80. The van der Waals surface area contributed by atoms with Gasteiger partial charge in [-0.1, -0.05) is 12.1 Å². The number of rotatable bonds is 6. The minimum absolute atomic E-state index is 0.214. The van der Waals surface area contributed by atoms with Gasteiger partial charge >= 0.3 is 6.36 Å². The fraction of sp³-hybridized carbons (Fsp3) is 0.304. The van der Waals surface area contributed by atoms with Gasteiger partial charge in [-0.2, -0.15) is 0 Å². The highest BCUT2D eigenvalue weighted by molar-refractivity contribution is 5.56. The topological polar surface area (TPSA) is 44.7 Å².